The van der Waals surface area contributed by atoms with E-state index < -0.39 is 0 Å². The molecule has 2 unspecified atom stereocenters. The number of nitrogens with zero attached hydrogens (tertiary/aromatic N) is 1. The molecule has 4 heteroatoms. The van der Waals surface area contributed by atoms with Crippen LogP contribution in [0.15, 0.2) is 0 Å². The zero-order valence-corrected chi connectivity index (χ0v) is 11.2. The van der Waals surface area contributed by atoms with Crippen LogP contribution in [0.25, 0.3) is 0 Å². The lowest BCUT2D eigenvalue weighted by Gasteiger charge is -2.50. The van der Waals surface area contributed by atoms with Gasteiger partial charge in [-0.2, -0.15) is 0 Å². The van der Waals surface area contributed by atoms with Crippen molar-refractivity contribution in [3.8, 4) is 0 Å². The summed E-state index contributed by atoms with van der Waals surface area (Å²) >= 11 is 0. The highest BCUT2D eigenvalue weighted by Gasteiger charge is 2.47. The first-order chi connectivity index (χ1) is 8.24. The van der Waals surface area contributed by atoms with E-state index in [1.54, 1.807) is 7.11 Å². The van der Waals surface area contributed by atoms with Crippen LogP contribution in [0.2, 0.25) is 0 Å². The zero-order valence-electron chi connectivity index (χ0n) is 11.2. The van der Waals surface area contributed by atoms with Gasteiger partial charge in [0, 0.05) is 38.4 Å². The minimum atomic E-state index is 0.137. The molecule has 0 amide bonds. The van der Waals surface area contributed by atoms with Gasteiger partial charge in [0.15, 0.2) is 0 Å². The van der Waals surface area contributed by atoms with Crippen LogP contribution < -0.4 is 5.73 Å². The van der Waals surface area contributed by atoms with Crippen molar-refractivity contribution >= 4 is 0 Å². The van der Waals surface area contributed by atoms with Crippen molar-refractivity contribution in [3.05, 3.63) is 0 Å². The molecule has 2 aliphatic rings. The van der Waals surface area contributed by atoms with E-state index in [0.717, 1.165) is 45.4 Å². The van der Waals surface area contributed by atoms with Crippen molar-refractivity contribution < 1.29 is 9.47 Å². The Morgan fingerprint density at radius 1 is 1.47 bits per heavy atom. The molecule has 1 aliphatic carbocycles. The highest BCUT2D eigenvalue weighted by atomic mass is 16.5. The standard InChI is InChI=1S/C13H26N2O2/c1-11-9-17-7-5-13(11,10-14)15(6-8-16-2)12-3-4-12/h11-12H,3-10,14H2,1-2H3. The average Bonchev–Trinajstić information content (AvgIpc) is 3.16. The summed E-state index contributed by atoms with van der Waals surface area (Å²) in [5.74, 6) is 0.513. The number of ether oxygens (including phenoxy) is 2. The third-order valence-electron chi connectivity index (χ3n) is 4.41. The van der Waals surface area contributed by atoms with Gasteiger partial charge in [-0.05, 0) is 25.2 Å². The Balaban J connectivity index is 2.10. The summed E-state index contributed by atoms with van der Waals surface area (Å²) in [6, 6.07) is 0.731. The smallest absolute Gasteiger partial charge is 0.0590 e. The second-order valence-corrected chi connectivity index (χ2v) is 5.45. The Kier molecular flexibility index (Phi) is 4.42. The van der Waals surface area contributed by atoms with Crippen molar-refractivity contribution in [2.75, 3.05) is 40.0 Å². The molecule has 2 rings (SSSR count). The number of rotatable bonds is 6. The lowest BCUT2D eigenvalue weighted by atomic mass is 9.79. The summed E-state index contributed by atoms with van der Waals surface area (Å²) in [7, 11) is 1.77. The van der Waals surface area contributed by atoms with Gasteiger partial charge in [-0.15, -0.1) is 0 Å². The molecule has 2 N–H and O–H groups in total. The van der Waals surface area contributed by atoms with Crippen molar-refractivity contribution in [2.24, 2.45) is 11.7 Å². The molecule has 1 heterocycles. The van der Waals surface area contributed by atoms with Crippen LogP contribution in [0, 0.1) is 5.92 Å². The van der Waals surface area contributed by atoms with Crippen LogP contribution in [0.5, 0.6) is 0 Å². The van der Waals surface area contributed by atoms with Crippen molar-refractivity contribution in [1.29, 1.82) is 0 Å². The maximum Gasteiger partial charge on any atom is 0.0590 e. The Bertz CT molecular complexity index is 246. The predicted molar refractivity (Wildman–Crippen MR) is 68.0 cm³/mol. The first-order valence-corrected chi connectivity index (χ1v) is 6.78. The molecule has 0 radical (unpaired) electrons. The van der Waals surface area contributed by atoms with Crippen LogP contribution in [0.3, 0.4) is 0 Å². The Morgan fingerprint density at radius 3 is 2.76 bits per heavy atom. The minimum absolute atomic E-state index is 0.137. The molecule has 1 aliphatic heterocycles. The van der Waals surface area contributed by atoms with Crippen LogP contribution in [0.4, 0.5) is 0 Å². The van der Waals surface area contributed by atoms with E-state index in [2.05, 4.69) is 11.8 Å². The molecule has 17 heavy (non-hydrogen) atoms. The van der Waals surface area contributed by atoms with Gasteiger partial charge in [0.2, 0.25) is 0 Å². The highest BCUT2D eigenvalue weighted by Crippen LogP contribution is 2.39. The van der Waals surface area contributed by atoms with Gasteiger partial charge in [0.1, 0.15) is 0 Å². The largest absolute Gasteiger partial charge is 0.383 e. The molecule has 0 spiro atoms. The van der Waals surface area contributed by atoms with Gasteiger partial charge in [-0.1, -0.05) is 6.92 Å². The molecule has 0 aromatic carbocycles. The lowest BCUT2D eigenvalue weighted by molar-refractivity contribution is -0.0751. The maximum absolute atomic E-state index is 6.13. The Hall–Kier alpha value is -0.160. The molecule has 0 aromatic rings. The lowest BCUT2D eigenvalue weighted by Crippen LogP contribution is -2.62. The summed E-state index contributed by atoms with van der Waals surface area (Å²) in [5, 5.41) is 0. The van der Waals surface area contributed by atoms with Crippen molar-refractivity contribution in [3.63, 3.8) is 0 Å². The summed E-state index contributed by atoms with van der Waals surface area (Å²) in [4.78, 5) is 2.61. The number of hydrogen-bond donors (Lipinski definition) is 1. The fourth-order valence-corrected chi connectivity index (χ4v) is 3.10. The third-order valence-corrected chi connectivity index (χ3v) is 4.41. The maximum atomic E-state index is 6.13. The molecule has 100 valence electrons. The fourth-order valence-electron chi connectivity index (χ4n) is 3.10. The Labute approximate surface area is 104 Å². The van der Waals surface area contributed by atoms with Crippen LogP contribution in [-0.4, -0.2) is 56.5 Å². The number of hydrogen-bond acceptors (Lipinski definition) is 4. The first-order valence-electron chi connectivity index (χ1n) is 6.78. The second kappa shape index (κ2) is 5.65. The van der Waals surface area contributed by atoms with E-state index in [4.69, 9.17) is 15.2 Å². The molecule has 1 saturated heterocycles. The Morgan fingerprint density at radius 2 is 2.24 bits per heavy atom. The molecule has 1 saturated carbocycles. The average molecular weight is 242 g/mol. The summed E-state index contributed by atoms with van der Waals surface area (Å²) in [6.45, 7) is 6.49. The van der Waals surface area contributed by atoms with Gasteiger partial charge in [0.25, 0.3) is 0 Å². The molecular weight excluding hydrogens is 216 g/mol. The van der Waals surface area contributed by atoms with Gasteiger partial charge in [-0.3, -0.25) is 4.90 Å². The van der Waals surface area contributed by atoms with Gasteiger partial charge < -0.3 is 15.2 Å². The van der Waals surface area contributed by atoms with E-state index in [9.17, 15) is 0 Å². The SMILES string of the molecule is COCCN(C1CC1)C1(CN)CCOCC1C. The molecule has 2 atom stereocenters. The summed E-state index contributed by atoms with van der Waals surface area (Å²) in [6.07, 6.45) is 3.70. The number of methoxy groups -OCH3 is 1. The van der Waals surface area contributed by atoms with E-state index in [-0.39, 0.29) is 5.54 Å². The van der Waals surface area contributed by atoms with Crippen LogP contribution in [0.1, 0.15) is 26.2 Å². The summed E-state index contributed by atoms with van der Waals surface area (Å²) in [5.41, 5.74) is 6.27. The minimum Gasteiger partial charge on any atom is -0.383 e. The zero-order chi connectivity index (χ0) is 12.3. The van der Waals surface area contributed by atoms with Gasteiger partial charge >= 0.3 is 0 Å². The quantitative estimate of drug-likeness (QED) is 0.750. The molecule has 2 fully saturated rings. The van der Waals surface area contributed by atoms with Crippen LogP contribution >= 0.6 is 0 Å². The normalized spacial score (nSPS) is 34.2. The topological polar surface area (TPSA) is 47.7 Å². The highest BCUT2D eigenvalue weighted by molar-refractivity contribution is 5.03. The van der Waals surface area contributed by atoms with E-state index in [1.165, 1.54) is 12.8 Å². The third kappa shape index (κ3) is 2.65. The van der Waals surface area contributed by atoms with Crippen LogP contribution in [-0.2, 0) is 9.47 Å². The molecule has 4 nitrogen and oxygen atoms in total. The van der Waals surface area contributed by atoms with E-state index in [0.29, 0.717) is 5.92 Å². The van der Waals surface area contributed by atoms with Gasteiger partial charge in [0.05, 0.1) is 13.2 Å². The molecule has 0 bridgehead atoms. The predicted octanol–water partition coefficient (Wildman–Crippen LogP) is 0.851. The molecular formula is C13H26N2O2. The first kappa shape index (κ1) is 13.3. The van der Waals surface area contributed by atoms with Gasteiger partial charge in [-0.25, -0.2) is 0 Å². The summed E-state index contributed by atoms with van der Waals surface area (Å²) < 4.78 is 10.8. The van der Waals surface area contributed by atoms with Crippen molar-refractivity contribution in [2.45, 2.75) is 37.8 Å². The number of nitrogens with two attached hydrogens (primary N) is 1. The fraction of sp³-hybridized carbons (Fsp3) is 1.00. The molecule has 0 aromatic heterocycles. The second-order valence-electron chi connectivity index (χ2n) is 5.45. The monoisotopic (exact) mass is 242 g/mol. The van der Waals surface area contributed by atoms with Crippen molar-refractivity contribution in [1.82, 2.24) is 4.90 Å². The van der Waals surface area contributed by atoms with E-state index in [1.807, 2.05) is 0 Å². The van der Waals surface area contributed by atoms with E-state index >= 15 is 0 Å².